The van der Waals surface area contributed by atoms with Crippen molar-refractivity contribution >= 4 is 24.8 Å². The second-order valence-corrected chi connectivity index (χ2v) is 3.02. The van der Waals surface area contributed by atoms with E-state index in [1.807, 2.05) is 0 Å². The van der Waals surface area contributed by atoms with Gasteiger partial charge in [0.15, 0.2) is 0 Å². The highest BCUT2D eigenvalue weighted by atomic mass is 35.5. The minimum absolute atomic E-state index is 0. The van der Waals surface area contributed by atoms with E-state index in [1.165, 1.54) is 19.5 Å². The SMILES string of the molecule is CN1CC2CC(C1)N2.Cl.Cl. The van der Waals surface area contributed by atoms with Crippen molar-refractivity contribution in [2.24, 2.45) is 0 Å². The summed E-state index contributed by atoms with van der Waals surface area (Å²) in [6.45, 7) is 2.52. The van der Waals surface area contributed by atoms with Gasteiger partial charge >= 0.3 is 0 Å². The van der Waals surface area contributed by atoms with Crippen molar-refractivity contribution in [3.63, 3.8) is 0 Å². The van der Waals surface area contributed by atoms with Crippen LogP contribution in [0.15, 0.2) is 0 Å². The summed E-state index contributed by atoms with van der Waals surface area (Å²) >= 11 is 0. The molecule has 0 aliphatic carbocycles. The van der Waals surface area contributed by atoms with Crippen LogP contribution in [0.2, 0.25) is 0 Å². The van der Waals surface area contributed by atoms with E-state index in [9.17, 15) is 0 Å². The summed E-state index contributed by atoms with van der Waals surface area (Å²) in [6, 6.07) is 1.66. The zero-order valence-electron chi connectivity index (χ0n) is 6.04. The molecule has 0 aromatic heterocycles. The Morgan fingerprint density at radius 3 is 1.80 bits per heavy atom. The van der Waals surface area contributed by atoms with Gasteiger partial charge in [0.2, 0.25) is 0 Å². The fraction of sp³-hybridized carbons (Fsp3) is 1.00. The average molecular weight is 185 g/mol. The summed E-state index contributed by atoms with van der Waals surface area (Å²) in [5, 5.41) is 3.47. The Morgan fingerprint density at radius 1 is 1.20 bits per heavy atom. The summed E-state index contributed by atoms with van der Waals surface area (Å²) in [4.78, 5) is 2.40. The second-order valence-electron chi connectivity index (χ2n) is 3.02. The van der Waals surface area contributed by atoms with E-state index in [1.54, 1.807) is 0 Å². The van der Waals surface area contributed by atoms with Gasteiger partial charge < -0.3 is 10.2 Å². The largest absolute Gasteiger partial charge is 0.309 e. The fourth-order valence-corrected chi connectivity index (χ4v) is 1.73. The number of fused-ring (bicyclic) bond motifs is 2. The smallest absolute Gasteiger partial charge is 0.0213 e. The standard InChI is InChI=1S/C6H12N2.2ClH/c1-8-3-5-2-6(4-8)7-5;;/h5-7H,2-4H2,1H3;2*1H. The first-order valence-corrected chi connectivity index (χ1v) is 3.29. The number of halogens is 2. The zero-order chi connectivity index (χ0) is 5.56. The molecule has 3 rings (SSSR count). The number of piperidine rings is 1. The van der Waals surface area contributed by atoms with Crippen LogP contribution in [0.4, 0.5) is 0 Å². The molecule has 62 valence electrons. The molecular formula is C6H14Cl2N2. The molecule has 3 heterocycles. The minimum Gasteiger partial charge on any atom is -0.309 e. The molecule has 2 nitrogen and oxygen atoms in total. The Morgan fingerprint density at radius 2 is 1.60 bits per heavy atom. The third kappa shape index (κ3) is 1.76. The first-order chi connectivity index (χ1) is 3.84. The number of hydrogen-bond donors (Lipinski definition) is 1. The Labute approximate surface area is 74.2 Å². The van der Waals surface area contributed by atoms with Crippen LogP contribution in [0.3, 0.4) is 0 Å². The van der Waals surface area contributed by atoms with Gasteiger partial charge in [-0.2, -0.15) is 0 Å². The molecule has 0 spiro atoms. The first-order valence-electron chi connectivity index (χ1n) is 3.29. The lowest BCUT2D eigenvalue weighted by Crippen LogP contribution is -2.65. The van der Waals surface area contributed by atoms with Gasteiger partial charge in [0, 0.05) is 25.2 Å². The van der Waals surface area contributed by atoms with Crippen LogP contribution in [0.25, 0.3) is 0 Å². The lowest BCUT2D eigenvalue weighted by Gasteiger charge is -2.47. The molecule has 3 aliphatic rings. The van der Waals surface area contributed by atoms with E-state index < -0.39 is 0 Å². The fourth-order valence-electron chi connectivity index (χ4n) is 1.73. The van der Waals surface area contributed by atoms with Gasteiger partial charge in [0.25, 0.3) is 0 Å². The monoisotopic (exact) mass is 184 g/mol. The maximum absolute atomic E-state index is 3.47. The number of hydrogen-bond acceptors (Lipinski definition) is 2. The van der Waals surface area contributed by atoms with E-state index in [2.05, 4.69) is 17.3 Å². The third-order valence-electron chi connectivity index (χ3n) is 2.10. The maximum Gasteiger partial charge on any atom is 0.0213 e. The summed E-state index contributed by atoms with van der Waals surface area (Å²) in [6.07, 6.45) is 1.42. The molecule has 0 saturated carbocycles. The number of nitrogens with one attached hydrogen (secondary N) is 1. The highest BCUT2D eigenvalue weighted by Gasteiger charge is 2.34. The highest BCUT2D eigenvalue weighted by Crippen LogP contribution is 2.18. The quantitative estimate of drug-likeness (QED) is 0.591. The van der Waals surface area contributed by atoms with Crippen molar-refractivity contribution < 1.29 is 0 Å². The zero-order valence-corrected chi connectivity index (χ0v) is 7.67. The molecule has 3 saturated heterocycles. The van der Waals surface area contributed by atoms with Crippen LogP contribution in [-0.4, -0.2) is 37.1 Å². The van der Waals surface area contributed by atoms with Gasteiger partial charge in [-0.15, -0.1) is 24.8 Å². The van der Waals surface area contributed by atoms with E-state index in [4.69, 9.17) is 0 Å². The molecule has 2 unspecified atom stereocenters. The lowest BCUT2D eigenvalue weighted by molar-refractivity contribution is 0.0984. The topological polar surface area (TPSA) is 15.3 Å². The summed E-state index contributed by atoms with van der Waals surface area (Å²) in [5.74, 6) is 0. The van der Waals surface area contributed by atoms with Crippen LogP contribution < -0.4 is 5.32 Å². The van der Waals surface area contributed by atoms with Crippen LogP contribution in [0.5, 0.6) is 0 Å². The predicted molar refractivity (Wildman–Crippen MR) is 47.3 cm³/mol. The van der Waals surface area contributed by atoms with E-state index in [0.29, 0.717) is 0 Å². The molecule has 3 aliphatic heterocycles. The van der Waals surface area contributed by atoms with E-state index >= 15 is 0 Å². The molecule has 2 atom stereocenters. The third-order valence-corrected chi connectivity index (χ3v) is 2.10. The van der Waals surface area contributed by atoms with E-state index in [-0.39, 0.29) is 24.8 Å². The summed E-state index contributed by atoms with van der Waals surface area (Å²) < 4.78 is 0. The Balaban J connectivity index is 0.000000405. The predicted octanol–water partition coefficient (Wildman–Crippen LogP) is 0.506. The van der Waals surface area contributed by atoms with Crippen LogP contribution in [-0.2, 0) is 0 Å². The molecule has 0 aromatic rings. The molecule has 3 fully saturated rings. The van der Waals surface area contributed by atoms with Gasteiger partial charge in [-0.05, 0) is 13.5 Å². The Bertz CT molecular complexity index is 93.9. The highest BCUT2D eigenvalue weighted by molar-refractivity contribution is 5.85. The number of piperazine rings is 1. The Hall–Kier alpha value is 0.500. The van der Waals surface area contributed by atoms with Crippen molar-refractivity contribution in [1.29, 1.82) is 0 Å². The van der Waals surface area contributed by atoms with Crippen LogP contribution in [0, 0.1) is 0 Å². The molecule has 1 N–H and O–H groups in total. The van der Waals surface area contributed by atoms with Gasteiger partial charge in [-0.25, -0.2) is 0 Å². The van der Waals surface area contributed by atoms with Crippen molar-refractivity contribution in [3.8, 4) is 0 Å². The maximum atomic E-state index is 3.47. The minimum atomic E-state index is 0. The van der Waals surface area contributed by atoms with Gasteiger partial charge in [0.1, 0.15) is 0 Å². The molecule has 0 amide bonds. The summed E-state index contributed by atoms with van der Waals surface area (Å²) in [7, 11) is 2.19. The molecule has 2 bridgehead atoms. The second kappa shape index (κ2) is 3.77. The van der Waals surface area contributed by atoms with Crippen LogP contribution >= 0.6 is 24.8 Å². The molecule has 0 radical (unpaired) electrons. The molecular weight excluding hydrogens is 171 g/mol. The van der Waals surface area contributed by atoms with Crippen LogP contribution in [0.1, 0.15) is 6.42 Å². The first kappa shape index (κ1) is 10.5. The lowest BCUT2D eigenvalue weighted by atomic mass is 9.92. The number of nitrogens with zero attached hydrogens (tertiary/aromatic N) is 1. The van der Waals surface area contributed by atoms with Gasteiger partial charge in [-0.3, -0.25) is 0 Å². The van der Waals surface area contributed by atoms with Crippen molar-refractivity contribution in [3.05, 3.63) is 0 Å². The normalized spacial score (nSPS) is 36.9. The Kier molecular flexibility index (Phi) is 3.95. The van der Waals surface area contributed by atoms with Gasteiger partial charge in [-0.1, -0.05) is 0 Å². The number of rotatable bonds is 0. The average Bonchev–Trinajstić information content (AvgIpc) is 1.62. The summed E-state index contributed by atoms with van der Waals surface area (Å²) in [5.41, 5.74) is 0. The van der Waals surface area contributed by atoms with Crippen molar-refractivity contribution in [2.75, 3.05) is 20.1 Å². The molecule has 4 heteroatoms. The molecule has 10 heavy (non-hydrogen) atoms. The molecule has 0 aromatic carbocycles. The number of likely N-dealkylation sites (N-methyl/N-ethyl adjacent to an activating group) is 1. The van der Waals surface area contributed by atoms with Crippen molar-refractivity contribution in [1.82, 2.24) is 10.2 Å². The van der Waals surface area contributed by atoms with Gasteiger partial charge in [0.05, 0.1) is 0 Å². The van der Waals surface area contributed by atoms with Crippen molar-refractivity contribution in [2.45, 2.75) is 18.5 Å². The van der Waals surface area contributed by atoms with E-state index in [0.717, 1.165) is 12.1 Å².